The van der Waals surface area contributed by atoms with Crippen molar-refractivity contribution in [3.8, 4) is 0 Å². The number of nitrogens with one attached hydrogen (secondary N) is 1. The summed E-state index contributed by atoms with van der Waals surface area (Å²) in [6.07, 6.45) is 2.08. The van der Waals surface area contributed by atoms with E-state index in [9.17, 15) is 9.18 Å². The highest BCUT2D eigenvalue weighted by atomic mass is 35.5. The van der Waals surface area contributed by atoms with Crippen LogP contribution in [0, 0.1) is 5.82 Å². The predicted molar refractivity (Wildman–Crippen MR) is 100 cm³/mol. The average Bonchev–Trinajstić information content (AvgIpc) is 2.56. The van der Waals surface area contributed by atoms with E-state index in [0.29, 0.717) is 18.0 Å². The minimum Gasteiger partial charge on any atom is -0.354 e. The molecule has 0 aliphatic rings. The lowest BCUT2D eigenvalue weighted by Crippen LogP contribution is -2.34. The maximum absolute atomic E-state index is 13.4. The fourth-order valence-electron chi connectivity index (χ4n) is 2.72. The first-order valence-corrected chi connectivity index (χ1v) is 8.76. The number of amides is 1. The number of hydrogen-bond donors (Lipinski definition) is 1. The van der Waals surface area contributed by atoms with E-state index >= 15 is 0 Å². The van der Waals surface area contributed by atoms with Gasteiger partial charge in [0.1, 0.15) is 5.82 Å². The van der Waals surface area contributed by atoms with Gasteiger partial charge in [-0.25, -0.2) is 4.39 Å². The lowest BCUT2D eigenvalue weighted by Gasteiger charge is -2.25. The molecule has 0 aliphatic carbocycles. The molecule has 1 amide bonds. The van der Waals surface area contributed by atoms with Crippen LogP contribution in [-0.4, -0.2) is 31.4 Å². The molecule has 0 saturated heterocycles. The third-order valence-corrected chi connectivity index (χ3v) is 4.38. The molecule has 2 aromatic rings. The topological polar surface area (TPSA) is 32.3 Å². The Kier molecular flexibility index (Phi) is 7.41. The van der Waals surface area contributed by atoms with Crippen LogP contribution in [0.25, 0.3) is 0 Å². The SMILES string of the molecule is CN(C)C(CNC(=O)CCCc1ccc(Cl)cc1)c1cccc(F)c1. The van der Waals surface area contributed by atoms with Crippen LogP contribution in [0.4, 0.5) is 4.39 Å². The van der Waals surface area contributed by atoms with Gasteiger partial charge in [0.05, 0.1) is 6.04 Å². The number of likely N-dealkylation sites (N-methyl/N-ethyl adjacent to an activating group) is 1. The van der Waals surface area contributed by atoms with E-state index in [2.05, 4.69) is 5.32 Å². The summed E-state index contributed by atoms with van der Waals surface area (Å²) in [6, 6.07) is 14.1. The van der Waals surface area contributed by atoms with Gasteiger partial charge in [0.15, 0.2) is 0 Å². The Balaban J connectivity index is 1.79. The smallest absolute Gasteiger partial charge is 0.220 e. The molecule has 134 valence electrons. The van der Waals surface area contributed by atoms with Gasteiger partial charge in [-0.1, -0.05) is 35.9 Å². The predicted octanol–water partition coefficient (Wildman–Crippen LogP) is 4.22. The fraction of sp³-hybridized carbons (Fsp3) is 0.350. The number of carbonyl (C=O) groups excluding carboxylic acids is 1. The zero-order valence-electron chi connectivity index (χ0n) is 14.6. The number of hydrogen-bond acceptors (Lipinski definition) is 2. The highest BCUT2D eigenvalue weighted by Crippen LogP contribution is 2.18. The third kappa shape index (κ3) is 6.48. The van der Waals surface area contributed by atoms with Gasteiger partial charge in [0, 0.05) is 18.0 Å². The first kappa shape index (κ1) is 19.4. The van der Waals surface area contributed by atoms with Crippen LogP contribution in [0.15, 0.2) is 48.5 Å². The van der Waals surface area contributed by atoms with Gasteiger partial charge in [0.2, 0.25) is 5.91 Å². The summed E-state index contributed by atoms with van der Waals surface area (Å²) in [5, 5.41) is 3.67. The number of benzene rings is 2. The van der Waals surface area contributed by atoms with E-state index < -0.39 is 0 Å². The Morgan fingerprint density at radius 2 is 1.92 bits per heavy atom. The Hall–Kier alpha value is -1.91. The van der Waals surface area contributed by atoms with Crippen LogP contribution in [0.1, 0.15) is 30.0 Å². The van der Waals surface area contributed by atoms with Crippen molar-refractivity contribution >= 4 is 17.5 Å². The van der Waals surface area contributed by atoms with Crippen molar-refractivity contribution in [2.75, 3.05) is 20.6 Å². The van der Waals surface area contributed by atoms with Gasteiger partial charge >= 0.3 is 0 Å². The summed E-state index contributed by atoms with van der Waals surface area (Å²) in [5.74, 6) is -0.254. The second kappa shape index (κ2) is 9.54. The summed E-state index contributed by atoms with van der Waals surface area (Å²) in [4.78, 5) is 14.1. The molecule has 0 saturated carbocycles. The first-order valence-electron chi connectivity index (χ1n) is 8.39. The molecule has 0 spiro atoms. The summed E-state index contributed by atoms with van der Waals surface area (Å²) >= 11 is 5.86. The van der Waals surface area contributed by atoms with Crippen LogP contribution >= 0.6 is 11.6 Å². The second-order valence-corrected chi connectivity index (χ2v) is 6.75. The van der Waals surface area contributed by atoms with Crippen LogP contribution in [0.5, 0.6) is 0 Å². The molecule has 0 heterocycles. The molecule has 0 radical (unpaired) electrons. The first-order chi connectivity index (χ1) is 12.0. The van der Waals surface area contributed by atoms with Crippen LogP contribution in [0.2, 0.25) is 5.02 Å². The number of nitrogens with zero attached hydrogens (tertiary/aromatic N) is 1. The monoisotopic (exact) mass is 362 g/mol. The molecule has 1 atom stereocenters. The molecule has 0 aliphatic heterocycles. The van der Waals surface area contributed by atoms with Gasteiger partial charge in [-0.3, -0.25) is 4.79 Å². The second-order valence-electron chi connectivity index (χ2n) is 6.32. The molecule has 0 aromatic heterocycles. The van der Waals surface area contributed by atoms with Crippen molar-refractivity contribution in [3.63, 3.8) is 0 Å². The molecule has 1 N–H and O–H groups in total. The molecule has 1 unspecified atom stereocenters. The molecule has 3 nitrogen and oxygen atoms in total. The van der Waals surface area contributed by atoms with Crippen LogP contribution in [0.3, 0.4) is 0 Å². The van der Waals surface area contributed by atoms with Gasteiger partial charge in [-0.05, 0) is 62.3 Å². The van der Waals surface area contributed by atoms with E-state index in [4.69, 9.17) is 11.6 Å². The maximum Gasteiger partial charge on any atom is 0.220 e. The van der Waals surface area contributed by atoms with E-state index in [1.165, 1.54) is 17.7 Å². The summed E-state index contributed by atoms with van der Waals surface area (Å²) in [5.41, 5.74) is 2.02. The van der Waals surface area contributed by atoms with Gasteiger partial charge in [-0.2, -0.15) is 0 Å². The molecule has 2 aromatic carbocycles. The normalized spacial score (nSPS) is 12.2. The van der Waals surface area contributed by atoms with Crippen molar-refractivity contribution in [1.29, 1.82) is 0 Å². The summed E-state index contributed by atoms with van der Waals surface area (Å²) < 4.78 is 13.4. The Morgan fingerprint density at radius 3 is 2.56 bits per heavy atom. The van der Waals surface area contributed by atoms with Crippen molar-refractivity contribution in [1.82, 2.24) is 10.2 Å². The zero-order valence-corrected chi connectivity index (χ0v) is 15.4. The highest BCUT2D eigenvalue weighted by Gasteiger charge is 2.15. The largest absolute Gasteiger partial charge is 0.354 e. The van der Waals surface area contributed by atoms with Gasteiger partial charge in [0.25, 0.3) is 0 Å². The van der Waals surface area contributed by atoms with Gasteiger partial charge in [-0.15, -0.1) is 0 Å². The molecule has 0 fully saturated rings. The van der Waals surface area contributed by atoms with Crippen LogP contribution < -0.4 is 5.32 Å². The Bertz CT molecular complexity index is 688. The quantitative estimate of drug-likeness (QED) is 0.762. The standard InChI is InChI=1S/C20H24ClFN2O/c1-24(2)19(16-6-4-7-18(22)13-16)14-23-20(25)8-3-5-15-9-11-17(21)12-10-15/h4,6-7,9-13,19H,3,5,8,14H2,1-2H3,(H,23,25). The summed E-state index contributed by atoms with van der Waals surface area (Å²) in [7, 11) is 3.84. The number of aryl methyl sites for hydroxylation is 1. The summed E-state index contributed by atoms with van der Waals surface area (Å²) in [6.45, 7) is 0.455. The Morgan fingerprint density at radius 1 is 1.20 bits per heavy atom. The minimum absolute atomic E-state index is 0.0113. The van der Waals surface area contributed by atoms with Crippen molar-refractivity contribution in [3.05, 3.63) is 70.5 Å². The van der Waals surface area contributed by atoms with E-state index in [-0.39, 0.29) is 17.8 Å². The number of carbonyl (C=O) groups is 1. The van der Waals surface area contributed by atoms with Crippen LogP contribution in [-0.2, 0) is 11.2 Å². The zero-order chi connectivity index (χ0) is 18.2. The maximum atomic E-state index is 13.4. The lowest BCUT2D eigenvalue weighted by molar-refractivity contribution is -0.121. The highest BCUT2D eigenvalue weighted by molar-refractivity contribution is 6.30. The van der Waals surface area contributed by atoms with E-state index in [1.807, 2.05) is 49.3 Å². The lowest BCUT2D eigenvalue weighted by atomic mass is 10.1. The molecule has 0 bridgehead atoms. The fourth-order valence-corrected chi connectivity index (χ4v) is 2.84. The molecule has 2 rings (SSSR count). The average molecular weight is 363 g/mol. The third-order valence-electron chi connectivity index (χ3n) is 4.13. The van der Waals surface area contributed by atoms with E-state index in [1.54, 1.807) is 6.07 Å². The molecule has 25 heavy (non-hydrogen) atoms. The van der Waals surface area contributed by atoms with E-state index in [0.717, 1.165) is 18.4 Å². The van der Waals surface area contributed by atoms with Gasteiger partial charge < -0.3 is 10.2 Å². The number of rotatable bonds is 8. The molecular weight excluding hydrogens is 339 g/mol. The van der Waals surface area contributed by atoms with Crippen molar-refractivity contribution < 1.29 is 9.18 Å². The van der Waals surface area contributed by atoms with Crippen molar-refractivity contribution in [2.24, 2.45) is 0 Å². The Labute approximate surface area is 153 Å². The number of halogens is 2. The minimum atomic E-state index is -0.265. The van der Waals surface area contributed by atoms with Crippen molar-refractivity contribution in [2.45, 2.75) is 25.3 Å². The molecular formula is C20H24ClFN2O. The molecule has 5 heteroatoms.